The molecule has 1 aliphatic heterocycles. The van der Waals surface area contributed by atoms with Gasteiger partial charge in [-0.25, -0.2) is 0 Å². The highest BCUT2D eigenvalue weighted by Crippen LogP contribution is 2.23. The lowest BCUT2D eigenvalue weighted by Gasteiger charge is -2.23. The number of benzene rings is 1. The van der Waals surface area contributed by atoms with Gasteiger partial charge in [0.1, 0.15) is 5.75 Å². The van der Waals surface area contributed by atoms with Gasteiger partial charge >= 0.3 is 6.61 Å². The second kappa shape index (κ2) is 6.10. The van der Waals surface area contributed by atoms with E-state index in [0.717, 1.165) is 18.5 Å². The molecule has 1 aromatic carbocycles. The Balaban J connectivity index is 1.88. The Morgan fingerprint density at radius 1 is 1.18 bits per heavy atom. The number of nitrogens with one attached hydrogen (secondary N) is 1. The van der Waals surface area contributed by atoms with Crippen LogP contribution >= 0.6 is 11.8 Å². The van der Waals surface area contributed by atoms with Crippen molar-refractivity contribution in [2.45, 2.75) is 25.5 Å². The van der Waals surface area contributed by atoms with E-state index in [1.54, 1.807) is 24.3 Å². The standard InChI is InChI=1S/C12H15F2NOS/c13-12(14)16-11-3-1-9(2-4-11)15-10-5-7-17-8-6-10/h1-4,10,12,15H,5-8H2. The Morgan fingerprint density at radius 2 is 1.82 bits per heavy atom. The molecule has 1 aromatic rings. The molecule has 1 saturated heterocycles. The van der Waals surface area contributed by atoms with Crippen LogP contribution in [0.3, 0.4) is 0 Å². The van der Waals surface area contributed by atoms with Crippen molar-refractivity contribution < 1.29 is 13.5 Å². The number of ether oxygens (including phenoxy) is 1. The van der Waals surface area contributed by atoms with Crippen molar-refractivity contribution in [3.05, 3.63) is 24.3 Å². The topological polar surface area (TPSA) is 21.3 Å². The van der Waals surface area contributed by atoms with Crippen LogP contribution in [0.5, 0.6) is 5.75 Å². The van der Waals surface area contributed by atoms with Crippen molar-refractivity contribution in [2.75, 3.05) is 16.8 Å². The fraction of sp³-hybridized carbons (Fsp3) is 0.500. The lowest BCUT2D eigenvalue weighted by Crippen LogP contribution is -2.24. The van der Waals surface area contributed by atoms with Crippen LogP contribution in [0.1, 0.15) is 12.8 Å². The molecule has 2 nitrogen and oxygen atoms in total. The average Bonchev–Trinajstić information content (AvgIpc) is 2.32. The maximum atomic E-state index is 12.0. The van der Waals surface area contributed by atoms with Crippen molar-refractivity contribution in [3.8, 4) is 5.75 Å². The minimum absolute atomic E-state index is 0.199. The van der Waals surface area contributed by atoms with Gasteiger partial charge < -0.3 is 10.1 Å². The van der Waals surface area contributed by atoms with Gasteiger partial charge in [0.25, 0.3) is 0 Å². The molecule has 1 fully saturated rings. The van der Waals surface area contributed by atoms with Gasteiger partial charge in [-0.05, 0) is 48.6 Å². The quantitative estimate of drug-likeness (QED) is 0.892. The van der Waals surface area contributed by atoms with Gasteiger partial charge in [-0.3, -0.25) is 0 Å². The van der Waals surface area contributed by atoms with E-state index in [-0.39, 0.29) is 5.75 Å². The van der Waals surface area contributed by atoms with Gasteiger partial charge in [-0.2, -0.15) is 20.5 Å². The van der Waals surface area contributed by atoms with Gasteiger partial charge in [-0.15, -0.1) is 0 Å². The van der Waals surface area contributed by atoms with Crippen molar-refractivity contribution >= 4 is 17.4 Å². The number of hydrogen-bond donors (Lipinski definition) is 1. The van der Waals surface area contributed by atoms with Crippen LogP contribution in [0.2, 0.25) is 0 Å². The summed E-state index contributed by atoms with van der Waals surface area (Å²) in [6.45, 7) is -2.76. The first-order valence-corrected chi connectivity index (χ1v) is 6.78. The predicted molar refractivity (Wildman–Crippen MR) is 67.0 cm³/mol. The van der Waals surface area contributed by atoms with Crippen molar-refractivity contribution in [1.82, 2.24) is 0 Å². The first kappa shape index (κ1) is 12.5. The van der Waals surface area contributed by atoms with Crippen LogP contribution in [-0.2, 0) is 0 Å². The van der Waals surface area contributed by atoms with Gasteiger partial charge in [0.15, 0.2) is 0 Å². The Morgan fingerprint density at radius 3 is 2.41 bits per heavy atom. The summed E-state index contributed by atoms with van der Waals surface area (Å²) >= 11 is 1.98. The first-order valence-electron chi connectivity index (χ1n) is 5.63. The van der Waals surface area contributed by atoms with Crippen molar-refractivity contribution in [2.24, 2.45) is 0 Å². The van der Waals surface area contributed by atoms with Crippen molar-refractivity contribution in [1.29, 1.82) is 0 Å². The first-order chi connectivity index (χ1) is 8.24. The van der Waals surface area contributed by atoms with Crippen LogP contribution in [-0.4, -0.2) is 24.2 Å². The van der Waals surface area contributed by atoms with Gasteiger partial charge in [0.05, 0.1) is 0 Å². The molecule has 94 valence electrons. The molecule has 17 heavy (non-hydrogen) atoms. The van der Waals surface area contributed by atoms with E-state index in [1.165, 1.54) is 11.5 Å². The number of thioether (sulfide) groups is 1. The molecule has 0 amide bonds. The maximum absolute atomic E-state index is 12.0. The molecule has 0 aliphatic carbocycles. The van der Waals surface area contributed by atoms with E-state index in [2.05, 4.69) is 10.1 Å². The number of alkyl halides is 2. The third-order valence-corrected chi connectivity index (χ3v) is 3.72. The lowest BCUT2D eigenvalue weighted by atomic mass is 10.1. The van der Waals surface area contributed by atoms with Gasteiger partial charge in [0.2, 0.25) is 0 Å². The van der Waals surface area contributed by atoms with Crippen LogP contribution in [0.4, 0.5) is 14.5 Å². The molecule has 1 aliphatic rings. The SMILES string of the molecule is FC(F)Oc1ccc(NC2CCSCC2)cc1. The molecule has 5 heteroatoms. The molecule has 0 saturated carbocycles. The summed E-state index contributed by atoms with van der Waals surface area (Å²) < 4.78 is 28.2. The predicted octanol–water partition coefficient (Wildman–Crippen LogP) is 3.60. The molecule has 0 bridgehead atoms. The van der Waals surface area contributed by atoms with E-state index < -0.39 is 6.61 Å². The van der Waals surface area contributed by atoms with Crippen LogP contribution in [0, 0.1) is 0 Å². The zero-order chi connectivity index (χ0) is 12.1. The summed E-state index contributed by atoms with van der Waals surface area (Å²) in [5, 5.41) is 3.40. The fourth-order valence-corrected chi connectivity index (χ4v) is 2.92. The Hall–Kier alpha value is -0.970. The minimum Gasteiger partial charge on any atom is -0.435 e. The zero-order valence-corrected chi connectivity index (χ0v) is 10.2. The van der Waals surface area contributed by atoms with Gasteiger partial charge in [0, 0.05) is 11.7 Å². The third kappa shape index (κ3) is 4.07. The summed E-state index contributed by atoms with van der Waals surface area (Å²) in [7, 11) is 0. The molecule has 0 radical (unpaired) electrons. The zero-order valence-electron chi connectivity index (χ0n) is 9.36. The highest BCUT2D eigenvalue weighted by molar-refractivity contribution is 7.99. The number of rotatable bonds is 4. The fourth-order valence-electron chi connectivity index (χ4n) is 1.81. The molecule has 2 rings (SSSR count). The number of anilines is 1. The molecular formula is C12H15F2NOS. The van der Waals surface area contributed by atoms with Crippen LogP contribution < -0.4 is 10.1 Å². The van der Waals surface area contributed by atoms with Crippen molar-refractivity contribution in [3.63, 3.8) is 0 Å². The second-order valence-corrected chi connectivity index (χ2v) is 5.16. The summed E-state index contributed by atoms with van der Waals surface area (Å²) in [4.78, 5) is 0. The highest BCUT2D eigenvalue weighted by Gasteiger charge is 2.13. The molecule has 0 unspecified atom stereocenters. The summed E-state index contributed by atoms with van der Waals surface area (Å²) in [6, 6.07) is 7.18. The van der Waals surface area contributed by atoms with E-state index in [1.807, 2.05) is 11.8 Å². The molecule has 0 aromatic heterocycles. The molecular weight excluding hydrogens is 244 g/mol. The normalized spacial score (nSPS) is 17.1. The smallest absolute Gasteiger partial charge is 0.387 e. The molecule has 0 spiro atoms. The van der Waals surface area contributed by atoms with E-state index in [9.17, 15) is 8.78 Å². The second-order valence-electron chi connectivity index (χ2n) is 3.93. The van der Waals surface area contributed by atoms with E-state index in [0.29, 0.717) is 6.04 Å². The molecule has 1 heterocycles. The number of halogens is 2. The monoisotopic (exact) mass is 259 g/mol. The average molecular weight is 259 g/mol. The Labute approximate surface area is 104 Å². The summed E-state index contributed by atoms with van der Waals surface area (Å²) in [6.07, 6.45) is 2.31. The minimum atomic E-state index is -2.76. The van der Waals surface area contributed by atoms with E-state index >= 15 is 0 Å². The van der Waals surface area contributed by atoms with Crippen LogP contribution in [0.25, 0.3) is 0 Å². The molecule has 1 N–H and O–H groups in total. The van der Waals surface area contributed by atoms with Crippen LogP contribution in [0.15, 0.2) is 24.3 Å². The third-order valence-electron chi connectivity index (χ3n) is 2.67. The highest BCUT2D eigenvalue weighted by atomic mass is 32.2. The Kier molecular flexibility index (Phi) is 4.48. The Bertz CT molecular complexity index is 339. The molecule has 0 atom stereocenters. The largest absolute Gasteiger partial charge is 0.435 e. The summed E-state index contributed by atoms with van der Waals surface area (Å²) in [5.41, 5.74) is 0.962. The maximum Gasteiger partial charge on any atom is 0.387 e. The summed E-state index contributed by atoms with van der Waals surface area (Å²) in [5.74, 6) is 2.57. The van der Waals surface area contributed by atoms with E-state index in [4.69, 9.17) is 0 Å². The number of hydrogen-bond acceptors (Lipinski definition) is 3. The lowest BCUT2D eigenvalue weighted by molar-refractivity contribution is -0.0498. The van der Waals surface area contributed by atoms with Gasteiger partial charge in [-0.1, -0.05) is 0 Å².